The maximum atomic E-state index is 14.3. The number of carboxylic acid groups (broad SMARTS) is 1. The van der Waals surface area contributed by atoms with E-state index in [0.29, 0.717) is 17.0 Å². The summed E-state index contributed by atoms with van der Waals surface area (Å²) in [6.07, 6.45) is 8.28. The van der Waals surface area contributed by atoms with Crippen LogP contribution in [0.15, 0.2) is 30.7 Å². The summed E-state index contributed by atoms with van der Waals surface area (Å²) in [6, 6.07) is 3.72. The van der Waals surface area contributed by atoms with Crippen molar-refractivity contribution in [3.63, 3.8) is 0 Å². The molecule has 3 aromatic rings. The normalized spacial score (nSPS) is 14.9. The Hall–Kier alpha value is -3.07. The van der Waals surface area contributed by atoms with Gasteiger partial charge in [0.15, 0.2) is 17.5 Å². The lowest BCUT2D eigenvalue weighted by Crippen LogP contribution is -2.42. The molecule has 0 unspecified atom stereocenters. The van der Waals surface area contributed by atoms with Crippen LogP contribution in [0.5, 0.6) is 0 Å². The van der Waals surface area contributed by atoms with Crippen molar-refractivity contribution in [3.05, 3.63) is 36.5 Å². The molecule has 0 aromatic carbocycles. The SMILES string of the molecule is O=C(O)CN(Nc1nc(-c2c[nH]c3ncccc23)ncc1F)C1CCCC1. The van der Waals surface area contributed by atoms with Gasteiger partial charge >= 0.3 is 5.97 Å². The Kier molecular flexibility index (Phi) is 4.68. The summed E-state index contributed by atoms with van der Waals surface area (Å²) in [7, 11) is 0. The van der Waals surface area contributed by atoms with E-state index in [0.717, 1.165) is 37.3 Å². The first-order valence-corrected chi connectivity index (χ1v) is 8.82. The smallest absolute Gasteiger partial charge is 0.319 e. The Morgan fingerprint density at radius 1 is 1.37 bits per heavy atom. The highest BCUT2D eigenvalue weighted by Gasteiger charge is 2.26. The van der Waals surface area contributed by atoms with Gasteiger partial charge in [0.1, 0.15) is 12.2 Å². The Morgan fingerprint density at radius 2 is 2.19 bits per heavy atom. The van der Waals surface area contributed by atoms with Crippen LogP contribution in [0, 0.1) is 5.82 Å². The Labute approximate surface area is 154 Å². The largest absolute Gasteiger partial charge is 0.480 e. The second-order valence-electron chi connectivity index (χ2n) is 6.56. The second kappa shape index (κ2) is 7.28. The van der Waals surface area contributed by atoms with E-state index in [4.69, 9.17) is 0 Å². The lowest BCUT2D eigenvalue weighted by molar-refractivity contribution is -0.138. The summed E-state index contributed by atoms with van der Waals surface area (Å²) in [6.45, 7) is -0.236. The number of rotatable bonds is 6. The van der Waals surface area contributed by atoms with Gasteiger partial charge < -0.3 is 10.1 Å². The first-order chi connectivity index (χ1) is 13.1. The Morgan fingerprint density at radius 3 is 2.96 bits per heavy atom. The zero-order valence-corrected chi connectivity index (χ0v) is 14.5. The van der Waals surface area contributed by atoms with Crippen molar-refractivity contribution < 1.29 is 14.3 Å². The van der Waals surface area contributed by atoms with Crippen molar-refractivity contribution in [3.8, 4) is 11.4 Å². The van der Waals surface area contributed by atoms with Crippen LogP contribution in [-0.4, -0.2) is 48.6 Å². The molecule has 0 saturated heterocycles. The zero-order chi connectivity index (χ0) is 18.8. The van der Waals surface area contributed by atoms with Crippen molar-refractivity contribution in [1.82, 2.24) is 24.9 Å². The fraction of sp³-hybridized carbons (Fsp3) is 0.333. The molecule has 140 valence electrons. The van der Waals surface area contributed by atoms with E-state index in [1.54, 1.807) is 23.5 Å². The number of hydrogen-bond acceptors (Lipinski definition) is 6. The average molecular weight is 370 g/mol. The quantitative estimate of drug-likeness (QED) is 0.573. The third kappa shape index (κ3) is 3.59. The topological polar surface area (TPSA) is 107 Å². The lowest BCUT2D eigenvalue weighted by atomic mass is 10.2. The van der Waals surface area contributed by atoms with E-state index in [2.05, 4.69) is 25.4 Å². The highest BCUT2D eigenvalue weighted by atomic mass is 19.1. The van der Waals surface area contributed by atoms with Gasteiger partial charge in [-0.15, -0.1) is 0 Å². The minimum Gasteiger partial charge on any atom is -0.480 e. The highest BCUT2D eigenvalue weighted by molar-refractivity contribution is 5.91. The number of aromatic amines is 1. The lowest BCUT2D eigenvalue weighted by Gasteiger charge is -2.28. The third-order valence-electron chi connectivity index (χ3n) is 4.76. The van der Waals surface area contributed by atoms with Crippen LogP contribution >= 0.6 is 0 Å². The summed E-state index contributed by atoms with van der Waals surface area (Å²) in [4.78, 5) is 26.9. The van der Waals surface area contributed by atoms with Crippen LogP contribution in [0.1, 0.15) is 25.7 Å². The van der Waals surface area contributed by atoms with E-state index in [1.165, 1.54) is 0 Å². The summed E-state index contributed by atoms with van der Waals surface area (Å²) < 4.78 is 14.3. The van der Waals surface area contributed by atoms with E-state index in [1.807, 2.05) is 6.07 Å². The predicted molar refractivity (Wildman–Crippen MR) is 97.3 cm³/mol. The molecule has 3 aromatic heterocycles. The molecule has 0 radical (unpaired) electrons. The maximum absolute atomic E-state index is 14.3. The van der Waals surface area contributed by atoms with Crippen LogP contribution in [0.4, 0.5) is 10.2 Å². The van der Waals surface area contributed by atoms with Crippen LogP contribution in [0.2, 0.25) is 0 Å². The molecule has 3 heterocycles. The number of H-pyrrole nitrogens is 1. The number of halogens is 1. The Bertz CT molecular complexity index is 969. The molecule has 27 heavy (non-hydrogen) atoms. The highest BCUT2D eigenvalue weighted by Crippen LogP contribution is 2.27. The van der Waals surface area contributed by atoms with Crippen molar-refractivity contribution in [2.75, 3.05) is 12.0 Å². The number of aliphatic carboxylic acids is 1. The van der Waals surface area contributed by atoms with Crippen LogP contribution in [0.3, 0.4) is 0 Å². The number of fused-ring (bicyclic) bond motifs is 1. The number of nitrogens with one attached hydrogen (secondary N) is 2. The van der Waals surface area contributed by atoms with Crippen LogP contribution < -0.4 is 5.43 Å². The second-order valence-corrected chi connectivity index (χ2v) is 6.56. The predicted octanol–water partition coefficient (Wildman–Crippen LogP) is 2.82. The van der Waals surface area contributed by atoms with E-state index in [-0.39, 0.29) is 18.4 Å². The number of pyridine rings is 1. The molecular formula is C18H19FN6O2. The van der Waals surface area contributed by atoms with E-state index < -0.39 is 11.8 Å². The molecule has 0 atom stereocenters. The molecule has 3 N–H and O–H groups in total. The van der Waals surface area contributed by atoms with Gasteiger partial charge in [0.25, 0.3) is 0 Å². The standard InChI is InChI=1S/C18H19FN6O2/c19-14-9-22-17(13-8-21-16-12(13)6-3-7-20-16)23-18(14)24-25(10-15(26)27)11-4-1-2-5-11/h3,6-9,11H,1-2,4-5,10H2,(H,20,21)(H,26,27)(H,22,23,24). The number of aromatic nitrogens is 4. The summed E-state index contributed by atoms with van der Waals surface area (Å²) in [5, 5.41) is 11.6. The first-order valence-electron chi connectivity index (χ1n) is 8.82. The molecule has 1 saturated carbocycles. The first kappa shape index (κ1) is 17.3. The van der Waals surface area contributed by atoms with E-state index in [9.17, 15) is 14.3 Å². The molecule has 0 amide bonds. The molecule has 0 spiro atoms. The van der Waals surface area contributed by atoms with Crippen molar-refractivity contribution >= 4 is 22.8 Å². The number of carbonyl (C=O) groups is 1. The summed E-state index contributed by atoms with van der Waals surface area (Å²) in [5.74, 6) is -1.32. The third-order valence-corrected chi connectivity index (χ3v) is 4.76. The van der Waals surface area contributed by atoms with Gasteiger partial charge in [0.2, 0.25) is 0 Å². The number of nitrogens with zero attached hydrogens (tertiary/aromatic N) is 4. The fourth-order valence-corrected chi connectivity index (χ4v) is 3.47. The van der Waals surface area contributed by atoms with Crippen molar-refractivity contribution in [1.29, 1.82) is 0 Å². The average Bonchev–Trinajstić information content (AvgIpc) is 3.32. The molecule has 4 rings (SSSR count). The van der Waals surface area contributed by atoms with Crippen LogP contribution in [0.25, 0.3) is 22.4 Å². The molecular weight excluding hydrogens is 351 g/mol. The van der Waals surface area contributed by atoms with Crippen LogP contribution in [-0.2, 0) is 4.79 Å². The van der Waals surface area contributed by atoms with Gasteiger partial charge in [-0.25, -0.2) is 24.4 Å². The molecule has 0 aliphatic heterocycles. The minimum absolute atomic E-state index is 0.0357. The van der Waals surface area contributed by atoms with E-state index >= 15 is 0 Å². The van der Waals surface area contributed by atoms with Gasteiger partial charge in [0, 0.05) is 29.4 Å². The zero-order valence-electron chi connectivity index (χ0n) is 14.5. The van der Waals surface area contributed by atoms with Gasteiger partial charge in [-0.1, -0.05) is 12.8 Å². The maximum Gasteiger partial charge on any atom is 0.319 e. The number of anilines is 1. The molecule has 9 heteroatoms. The van der Waals surface area contributed by atoms with Gasteiger partial charge in [0.05, 0.1) is 6.20 Å². The van der Waals surface area contributed by atoms with Gasteiger partial charge in [-0.3, -0.25) is 10.2 Å². The molecule has 1 aliphatic carbocycles. The monoisotopic (exact) mass is 370 g/mol. The summed E-state index contributed by atoms with van der Waals surface area (Å²) in [5.41, 5.74) is 4.26. The number of carboxylic acids is 1. The molecule has 8 nitrogen and oxygen atoms in total. The molecule has 0 bridgehead atoms. The fourth-order valence-electron chi connectivity index (χ4n) is 3.47. The van der Waals surface area contributed by atoms with Crippen molar-refractivity contribution in [2.45, 2.75) is 31.7 Å². The van der Waals surface area contributed by atoms with Gasteiger partial charge in [-0.05, 0) is 25.0 Å². The minimum atomic E-state index is -0.980. The Balaban J connectivity index is 1.66. The summed E-state index contributed by atoms with van der Waals surface area (Å²) >= 11 is 0. The number of hydrazine groups is 1. The van der Waals surface area contributed by atoms with Crippen molar-refractivity contribution in [2.24, 2.45) is 0 Å². The molecule has 1 fully saturated rings. The molecule has 1 aliphatic rings. The number of hydrogen-bond donors (Lipinski definition) is 3. The van der Waals surface area contributed by atoms with Gasteiger partial charge in [-0.2, -0.15) is 0 Å².